The molecular formula is C18H18Cl2N2O3S. The number of carbonyl (C=O) groups excluding carboxylic acids is 1. The van der Waals surface area contributed by atoms with Gasteiger partial charge in [0.15, 0.2) is 0 Å². The van der Waals surface area contributed by atoms with Gasteiger partial charge >= 0.3 is 0 Å². The van der Waals surface area contributed by atoms with E-state index < -0.39 is 15.9 Å². The number of sulfonamides is 1. The fraction of sp³-hybridized carbons (Fsp3) is 0.278. The van der Waals surface area contributed by atoms with Gasteiger partial charge in [-0.05, 0) is 61.4 Å². The second kappa shape index (κ2) is 7.96. The van der Waals surface area contributed by atoms with Gasteiger partial charge in [-0.2, -0.15) is 4.31 Å². The lowest BCUT2D eigenvalue weighted by atomic mass is 9.99. The maximum atomic E-state index is 12.8. The topological polar surface area (TPSA) is 66.5 Å². The van der Waals surface area contributed by atoms with Crippen LogP contribution in [-0.2, 0) is 14.8 Å². The van der Waals surface area contributed by atoms with Crippen molar-refractivity contribution in [3.8, 4) is 0 Å². The Morgan fingerprint density at radius 1 is 1.00 bits per heavy atom. The minimum absolute atomic E-state index is 0.157. The van der Waals surface area contributed by atoms with Crippen molar-refractivity contribution in [1.29, 1.82) is 0 Å². The number of benzene rings is 2. The average Bonchev–Trinajstić information content (AvgIpc) is 2.64. The molecule has 8 heteroatoms. The Morgan fingerprint density at radius 3 is 2.19 bits per heavy atom. The lowest BCUT2D eigenvalue weighted by Crippen LogP contribution is -2.43. The van der Waals surface area contributed by atoms with Gasteiger partial charge in [0, 0.05) is 28.8 Å². The highest BCUT2D eigenvalue weighted by Gasteiger charge is 2.33. The number of anilines is 1. The van der Waals surface area contributed by atoms with E-state index in [0.29, 0.717) is 35.1 Å². The van der Waals surface area contributed by atoms with Crippen molar-refractivity contribution < 1.29 is 13.2 Å². The summed E-state index contributed by atoms with van der Waals surface area (Å²) in [7, 11) is -3.65. The predicted molar refractivity (Wildman–Crippen MR) is 103 cm³/mol. The highest BCUT2D eigenvalue weighted by atomic mass is 35.5. The second-order valence-corrected chi connectivity index (χ2v) is 8.96. The molecule has 1 heterocycles. The van der Waals surface area contributed by atoms with Gasteiger partial charge in [0.2, 0.25) is 15.9 Å². The van der Waals surface area contributed by atoms with Gasteiger partial charge in [-0.25, -0.2) is 8.42 Å². The summed E-state index contributed by atoms with van der Waals surface area (Å²) in [6, 6.07) is 12.9. The number of nitrogens with one attached hydrogen (secondary N) is 1. The monoisotopic (exact) mass is 412 g/mol. The van der Waals surface area contributed by atoms with Crippen LogP contribution < -0.4 is 5.32 Å². The smallest absolute Gasteiger partial charge is 0.243 e. The van der Waals surface area contributed by atoms with Crippen molar-refractivity contribution in [3.63, 3.8) is 0 Å². The summed E-state index contributed by atoms with van der Waals surface area (Å²) in [5, 5.41) is 3.88. The van der Waals surface area contributed by atoms with Crippen molar-refractivity contribution in [2.75, 3.05) is 18.4 Å². The third-order valence-electron chi connectivity index (χ3n) is 4.32. The quantitative estimate of drug-likeness (QED) is 0.823. The van der Waals surface area contributed by atoms with E-state index in [1.165, 1.54) is 16.4 Å². The Labute approximate surface area is 163 Å². The molecule has 2 aromatic rings. The molecule has 1 aliphatic heterocycles. The molecule has 138 valence electrons. The van der Waals surface area contributed by atoms with Gasteiger partial charge in [-0.15, -0.1) is 0 Å². The maximum Gasteiger partial charge on any atom is 0.243 e. The van der Waals surface area contributed by atoms with Crippen LogP contribution in [0.15, 0.2) is 53.4 Å². The van der Waals surface area contributed by atoms with Gasteiger partial charge in [-0.3, -0.25) is 4.79 Å². The Hall–Kier alpha value is -1.60. The molecule has 5 nitrogen and oxygen atoms in total. The second-order valence-electron chi connectivity index (χ2n) is 6.15. The molecule has 26 heavy (non-hydrogen) atoms. The summed E-state index contributed by atoms with van der Waals surface area (Å²) in [5.41, 5.74) is 0.636. The minimum Gasteiger partial charge on any atom is -0.326 e. The van der Waals surface area contributed by atoms with Crippen LogP contribution in [0.2, 0.25) is 10.0 Å². The summed E-state index contributed by atoms with van der Waals surface area (Å²) in [6.45, 7) is 0.556. The first-order chi connectivity index (χ1) is 12.4. The van der Waals surface area contributed by atoms with Gasteiger partial charge in [0.05, 0.1) is 10.8 Å². The van der Waals surface area contributed by atoms with E-state index in [1.807, 2.05) is 0 Å². The maximum absolute atomic E-state index is 12.8. The van der Waals surface area contributed by atoms with Crippen LogP contribution >= 0.6 is 23.2 Å². The molecule has 1 aliphatic rings. The summed E-state index contributed by atoms with van der Waals surface area (Å²) >= 11 is 11.7. The van der Waals surface area contributed by atoms with Crippen LogP contribution in [0.5, 0.6) is 0 Å². The van der Waals surface area contributed by atoms with Crippen molar-refractivity contribution in [2.24, 2.45) is 5.92 Å². The lowest BCUT2D eigenvalue weighted by Gasteiger charge is -2.31. The summed E-state index contributed by atoms with van der Waals surface area (Å²) in [4.78, 5) is 12.7. The molecule has 1 amide bonds. The third kappa shape index (κ3) is 4.38. The summed E-state index contributed by atoms with van der Waals surface area (Å²) in [5.74, 6) is -0.593. The van der Waals surface area contributed by atoms with E-state index in [0.717, 1.165) is 0 Å². The molecular weight excluding hydrogens is 395 g/mol. The van der Waals surface area contributed by atoms with Crippen molar-refractivity contribution in [1.82, 2.24) is 4.31 Å². The Morgan fingerprint density at radius 2 is 1.58 bits per heavy atom. The number of piperidine rings is 1. The molecule has 3 rings (SSSR count). The molecule has 0 aliphatic carbocycles. The zero-order valence-corrected chi connectivity index (χ0v) is 16.2. The van der Waals surface area contributed by atoms with Crippen LogP contribution in [0.3, 0.4) is 0 Å². The first-order valence-corrected chi connectivity index (χ1v) is 10.4. The van der Waals surface area contributed by atoms with Gasteiger partial charge < -0.3 is 5.32 Å². The van der Waals surface area contributed by atoms with E-state index in [-0.39, 0.29) is 17.3 Å². The summed E-state index contributed by atoms with van der Waals surface area (Å²) < 4.78 is 27.0. The lowest BCUT2D eigenvalue weighted by molar-refractivity contribution is -0.120. The Bertz CT molecular complexity index is 884. The normalized spacial score (nSPS) is 18.5. The molecule has 0 aromatic heterocycles. The Balaban J connectivity index is 1.71. The van der Waals surface area contributed by atoms with E-state index in [9.17, 15) is 13.2 Å². The van der Waals surface area contributed by atoms with E-state index in [1.54, 1.807) is 36.4 Å². The van der Waals surface area contributed by atoms with Gasteiger partial charge in [-0.1, -0.05) is 23.2 Å². The van der Waals surface area contributed by atoms with Crippen LogP contribution in [0, 0.1) is 5.92 Å². The minimum atomic E-state index is -3.65. The molecule has 1 N–H and O–H groups in total. The molecule has 1 saturated heterocycles. The van der Waals surface area contributed by atoms with E-state index in [4.69, 9.17) is 23.2 Å². The van der Waals surface area contributed by atoms with Crippen molar-refractivity contribution in [3.05, 3.63) is 58.6 Å². The Kier molecular flexibility index (Phi) is 5.87. The zero-order valence-electron chi connectivity index (χ0n) is 13.9. The molecule has 1 atom stereocenters. The van der Waals surface area contributed by atoms with Crippen LogP contribution in [0.25, 0.3) is 0 Å². The predicted octanol–water partition coefficient (Wildman–Crippen LogP) is 4.03. The molecule has 0 radical (unpaired) electrons. The highest BCUT2D eigenvalue weighted by molar-refractivity contribution is 7.89. The highest BCUT2D eigenvalue weighted by Crippen LogP contribution is 2.25. The number of hydrogen-bond acceptors (Lipinski definition) is 3. The standard InChI is InChI=1S/C18H18Cl2N2O3S/c19-14-3-7-16(8-4-14)21-18(23)13-2-1-11-22(12-13)26(24,25)17-9-5-15(20)6-10-17/h3-10,13H,1-2,11-12H2,(H,21,23). The molecule has 0 bridgehead atoms. The first kappa shape index (κ1) is 19.2. The van der Waals surface area contributed by atoms with Crippen molar-refractivity contribution in [2.45, 2.75) is 17.7 Å². The summed E-state index contributed by atoms with van der Waals surface area (Å²) in [6.07, 6.45) is 1.28. The average molecular weight is 413 g/mol. The molecule has 0 saturated carbocycles. The van der Waals surface area contributed by atoms with Crippen LogP contribution in [0.4, 0.5) is 5.69 Å². The third-order valence-corrected chi connectivity index (χ3v) is 6.70. The van der Waals surface area contributed by atoms with Gasteiger partial charge in [0.25, 0.3) is 0 Å². The number of halogens is 2. The van der Waals surface area contributed by atoms with Crippen LogP contribution in [0.1, 0.15) is 12.8 Å². The number of amides is 1. The fourth-order valence-corrected chi connectivity index (χ4v) is 4.68. The van der Waals surface area contributed by atoms with Crippen molar-refractivity contribution >= 4 is 44.8 Å². The first-order valence-electron chi connectivity index (χ1n) is 8.18. The SMILES string of the molecule is O=C(Nc1ccc(Cl)cc1)C1CCCN(S(=O)(=O)c2ccc(Cl)cc2)C1. The number of hydrogen-bond donors (Lipinski definition) is 1. The number of carbonyl (C=O) groups is 1. The molecule has 1 fully saturated rings. The zero-order chi connectivity index (χ0) is 18.7. The molecule has 0 spiro atoms. The van der Waals surface area contributed by atoms with Gasteiger partial charge in [0.1, 0.15) is 0 Å². The fourth-order valence-electron chi connectivity index (χ4n) is 2.91. The molecule has 1 unspecified atom stereocenters. The number of nitrogens with zero attached hydrogens (tertiary/aromatic N) is 1. The van der Waals surface area contributed by atoms with E-state index in [2.05, 4.69) is 5.32 Å². The van der Waals surface area contributed by atoms with Crippen LogP contribution in [-0.4, -0.2) is 31.7 Å². The number of rotatable bonds is 4. The van der Waals surface area contributed by atoms with E-state index >= 15 is 0 Å². The largest absolute Gasteiger partial charge is 0.326 e. The molecule has 2 aromatic carbocycles.